The highest BCUT2D eigenvalue weighted by Gasteiger charge is 2.08. The third kappa shape index (κ3) is 4.05. The van der Waals surface area contributed by atoms with Gasteiger partial charge in [-0.25, -0.2) is 0 Å². The molecule has 22 heavy (non-hydrogen) atoms. The molecule has 0 atom stereocenters. The summed E-state index contributed by atoms with van der Waals surface area (Å²) in [4.78, 5) is 12.0. The molecular formula is C15H20N4O3. The third-order valence-corrected chi connectivity index (χ3v) is 3.33. The number of carbonyl (C=O) groups excluding carboxylic acids is 1. The fourth-order valence-corrected chi connectivity index (χ4v) is 2.04. The molecule has 1 heterocycles. The highest BCUT2D eigenvalue weighted by atomic mass is 16.5. The highest BCUT2D eigenvalue weighted by Crippen LogP contribution is 2.16. The topological polar surface area (TPSA) is 89.3 Å². The summed E-state index contributed by atoms with van der Waals surface area (Å²) in [5, 5.41) is 20.2. The van der Waals surface area contributed by atoms with E-state index in [0.29, 0.717) is 37.2 Å². The van der Waals surface area contributed by atoms with Gasteiger partial charge in [0.05, 0.1) is 6.61 Å². The molecule has 0 aliphatic rings. The Morgan fingerprint density at radius 2 is 2.27 bits per heavy atom. The van der Waals surface area contributed by atoms with Crippen LogP contribution >= 0.6 is 0 Å². The normalized spacial score (nSPS) is 10.6. The summed E-state index contributed by atoms with van der Waals surface area (Å²) < 4.78 is 6.93. The van der Waals surface area contributed by atoms with Crippen molar-refractivity contribution < 1.29 is 14.6 Å². The molecule has 7 heteroatoms. The molecule has 0 fully saturated rings. The molecule has 7 nitrogen and oxygen atoms in total. The maximum Gasteiger partial charge on any atom is 0.251 e. The number of hydrogen-bond donors (Lipinski definition) is 2. The SMILES string of the molecule is COCCn1cnnc1CCNC(=O)c1ccc(O)c(C)c1. The average Bonchev–Trinajstić information content (AvgIpc) is 2.95. The molecule has 0 saturated heterocycles. The Hall–Kier alpha value is -2.41. The standard InChI is InChI=1S/C15H20N4O3/c1-11-9-12(3-4-13(11)20)15(21)16-6-5-14-18-17-10-19(14)7-8-22-2/h3-4,9-10,20H,5-8H2,1-2H3,(H,16,21). The number of amides is 1. The lowest BCUT2D eigenvalue weighted by atomic mass is 10.1. The predicted molar refractivity (Wildman–Crippen MR) is 80.8 cm³/mol. The van der Waals surface area contributed by atoms with Crippen LogP contribution in [0.3, 0.4) is 0 Å². The van der Waals surface area contributed by atoms with Gasteiger partial charge in [-0.15, -0.1) is 10.2 Å². The molecule has 1 aromatic heterocycles. The molecule has 0 spiro atoms. The summed E-state index contributed by atoms with van der Waals surface area (Å²) in [6, 6.07) is 4.77. The molecule has 0 aliphatic heterocycles. The molecule has 0 unspecified atom stereocenters. The maximum atomic E-state index is 12.0. The van der Waals surface area contributed by atoms with E-state index >= 15 is 0 Å². The predicted octanol–water partition coefficient (Wildman–Crippen LogP) is 0.911. The van der Waals surface area contributed by atoms with Gasteiger partial charge in [0, 0.05) is 32.2 Å². The molecule has 118 valence electrons. The van der Waals surface area contributed by atoms with Gasteiger partial charge >= 0.3 is 0 Å². The molecule has 0 saturated carbocycles. The molecular weight excluding hydrogens is 284 g/mol. The van der Waals surface area contributed by atoms with Crippen LogP contribution in [0.1, 0.15) is 21.7 Å². The largest absolute Gasteiger partial charge is 0.508 e. The van der Waals surface area contributed by atoms with Gasteiger partial charge in [-0.2, -0.15) is 0 Å². The van der Waals surface area contributed by atoms with Gasteiger partial charge in [0.1, 0.15) is 17.9 Å². The van der Waals surface area contributed by atoms with E-state index in [0.717, 1.165) is 5.82 Å². The molecule has 1 aromatic carbocycles. The number of aromatic nitrogens is 3. The number of methoxy groups -OCH3 is 1. The van der Waals surface area contributed by atoms with Crippen molar-refractivity contribution in [3.05, 3.63) is 41.5 Å². The van der Waals surface area contributed by atoms with Crippen molar-refractivity contribution in [1.82, 2.24) is 20.1 Å². The van der Waals surface area contributed by atoms with Crippen molar-refractivity contribution in [2.45, 2.75) is 19.9 Å². The number of phenolic OH excluding ortho intramolecular Hbond substituents is 1. The molecule has 1 amide bonds. The quantitative estimate of drug-likeness (QED) is 0.793. The number of nitrogens with one attached hydrogen (secondary N) is 1. The fraction of sp³-hybridized carbons (Fsp3) is 0.400. The zero-order chi connectivity index (χ0) is 15.9. The molecule has 0 bridgehead atoms. The minimum Gasteiger partial charge on any atom is -0.508 e. The van der Waals surface area contributed by atoms with Gasteiger partial charge in [0.25, 0.3) is 5.91 Å². The minimum atomic E-state index is -0.175. The summed E-state index contributed by atoms with van der Waals surface area (Å²) in [5.74, 6) is 0.813. The van der Waals surface area contributed by atoms with Crippen molar-refractivity contribution in [2.75, 3.05) is 20.3 Å². The summed E-state index contributed by atoms with van der Waals surface area (Å²) in [7, 11) is 1.64. The zero-order valence-corrected chi connectivity index (χ0v) is 12.7. The van der Waals surface area contributed by atoms with Crippen molar-refractivity contribution in [3.8, 4) is 5.75 Å². The zero-order valence-electron chi connectivity index (χ0n) is 12.7. The van der Waals surface area contributed by atoms with Crippen LogP contribution in [0.5, 0.6) is 5.75 Å². The Morgan fingerprint density at radius 1 is 1.45 bits per heavy atom. The number of benzene rings is 1. The number of aryl methyl sites for hydroxylation is 1. The van der Waals surface area contributed by atoms with E-state index in [9.17, 15) is 9.90 Å². The lowest BCUT2D eigenvalue weighted by molar-refractivity contribution is 0.0953. The van der Waals surface area contributed by atoms with Gasteiger partial charge in [-0.05, 0) is 30.7 Å². The smallest absolute Gasteiger partial charge is 0.251 e. The van der Waals surface area contributed by atoms with E-state index in [1.54, 1.807) is 32.5 Å². The molecule has 2 N–H and O–H groups in total. The number of aromatic hydroxyl groups is 1. The minimum absolute atomic E-state index is 0.175. The van der Waals surface area contributed by atoms with Crippen molar-refractivity contribution in [3.63, 3.8) is 0 Å². The Kier molecular flexibility index (Phi) is 5.48. The highest BCUT2D eigenvalue weighted by molar-refractivity contribution is 5.94. The molecule has 0 radical (unpaired) electrons. The number of hydrogen-bond acceptors (Lipinski definition) is 5. The maximum absolute atomic E-state index is 12.0. The van der Waals surface area contributed by atoms with Crippen LogP contribution in [0.25, 0.3) is 0 Å². The number of ether oxygens (including phenoxy) is 1. The average molecular weight is 304 g/mol. The van der Waals surface area contributed by atoms with Crippen LogP contribution in [0, 0.1) is 6.92 Å². The van der Waals surface area contributed by atoms with E-state index in [-0.39, 0.29) is 11.7 Å². The first-order valence-corrected chi connectivity index (χ1v) is 7.05. The Labute approximate surface area is 128 Å². The van der Waals surface area contributed by atoms with Crippen LogP contribution in [0.4, 0.5) is 0 Å². The van der Waals surface area contributed by atoms with Crippen molar-refractivity contribution in [2.24, 2.45) is 0 Å². The second-order valence-corrected chi connectivity index (χ2v) is 4.94. The third-order valence-electron chi connectivity index (χ3n) is 3.33. The van der Waals surface area contributed by atoms with Crippen molar-refractivity contribution >= 4 is 5.91 Å². The van der Waals surface area contributed by atoms with E-state index in [2.05, 4.69) is 15.5 Å². The van der Waals surface area contributed by atoms with E-state index in [1.165, 1.54) is 6.07 Å². The summed E-state index contributed by atoms with van der Waals surface area (Å²) in [6.07, 6.45) is 2.24. The summed E-state index contributed by atoms with van der Waals surface area (Å²) in [5.41, 5.74) is 1.20. The van der Waals surface area contributed by atoms with Gasteiger partial charge in [0.15, 0.2) is 0 Å². The van der Waals surface area contributed by atoms with Crippen molar-refractivity contribution in [1.29, 1.82) is 0 Å². The second-order valence-electron chi connectivity index (χ2n) is 4.94. The van der Waals surface area contributed by atoms with Crippen LogP contribution in [-0.2, 0) is 17.7 Å². The van der Waals surface area contributed by atoms with Crippen LogP contribution in [0.15, 0.2) is 24.5 Å². The number of nitrogens with zero attached hydrogens (tertiary/aromatic N) is 3. The Balaban J connectivity index is 1.86. The second kappa shape index (κ2) is 7.56. The first-order valence-electron chi connectivity index (χ1n) is 7.05. The van der Waals surface area contributed by atoms with E-state index in [4.69, 9.17) is 4.74 Å². The van der Waals surface area contributed by atoms with Crippen LogP contribution in [-0.4, -0.2) is 46.0 Å². The molecule has 2 rings (SSSR count). The number of rotatable bonds is 7. The van der Waals surface area contributed by atoms with Gasteiger partial charge in [-0.3, -0.25) is 4.79 Å². The Morgan fingerprint density at radius 3 is 3.00 bits per heavy atom. The number of carbonyl (C=O) groups is 1. The lowest BCUT2D eigenvalue weighted by Gasteiger charge is -2.08. The number of phenols is 1. The lowest BCUT2D eigenvalue weighted by Crippen LogP contribution is -2.26. The Bertz CT molecular complexity index is 639. The van der Waals surface area contributed by atoms with Crippen LogP contribution < -0.4 is 5.32 Å². The van der Waals surface area contributed by atoms with Crippen LogP contribution in [0.2, 0.25) is 0 Å². The summed E-state index contributed by atoms with van der Waals surface area (Å²) in [6.45, 7) is 3.49. The van der Waals surface area contributed by atoms with Gasteiger partial charge in [0.2, 0.25) is 0 Å². The van der Waals surface area contributed by atoms with E-state index in [1.807, 2.05) is 4.57 Å². The first-order chi connectivity index (χ1) is 10.6. The monoisotopic (exact) mass is 304 g/mol. The summed E-state index contributed by atoms with van der Waals surface area (Å²) >= 11 is 0. The van der Waals surface area contributed by atoms with E-state index < -0.39 is 0 Å². The first kappa shape index (κ1) is 16.0. The molecule has 0 aliphatic carbocycles. The molecule has 2 aromatic rings. The fourth-order valence-electron chi connectivity index (χ4n) is 2.04. The van der Waals surface area contributed by atoms with Gasteiger partial charge < -0.3 is 19.7 Å². The van der Waals surface area contributed by atoms with Gasteiger partial charge in [-0.1, -0.05) is 0 Å².